The second-order valence-corrected chi connectivity index (χ2v) is 5.90. The van der Waals surface area contributed by atoms with Crippen molar-refractivity contribution in [2.45, 2.75) is 26.7 Å². The molecular formula is C16H16Cl2N2O4. The Morgan fingerprint density at radius 3 is 2.71 bits per heavy atom. The molecule has 6 nitrogen and oxygen atoms in total. The van der Waals surface area contributed by atoms with E-state index in [9.17, 15) is 9.59 Å². The third-order valence-corrected chi connectivity index (χ3v) is 4.17. The van der Waals surface area contributed by atoms with Crippen LogP contribution in [0.25, 0.3) is 0 Å². The Labute approximate surface area is 149 Å². The normalized spacial score (nSPS) is 10.5. The fourth-order valence-electron chi connectivity index (χ4n) is 2.09. The molecule has 0 aliphatic rings. The number of aryl methyl sites for hydroxylation is 2. The molecule has 8 heteroatoms. The molecule has 24 heavy (non-hydrogen) atoms. The Bertz CT molecular complexity index is 739. The Balaban J connectivity index is 1.79. The number of nitrogens with one attached hydrogen (secondary N) is 1. The number of ether oxygens (including phenoxy) is 1. The zero-order valence-electron chi connectivity index (χ0n) is 13.2. The van der Waals surface area contributed by atoms with Crippen LogP contribution in [0.3, 0.4) is 0 Å². The van der Waals surface area contributed by atoms with Crippen LogP contribution in [0.5, 0.6) is 0 Å². The van der Waals surface area contributed by atoms with Crippen molar-refractivity contribution in [3.05, 3.63) is 45.3 Å². The molecule has 0 atom stereocenters. The highest BCUT2D eigenvalue weighted by Crippen LogP contribution is 2.29. The van der Waals surface area contributed by atoms with Gasteiger partial charge >= 0.3 is 5.97 Å². The summed E-state index contributed by atoms with van der Waals surface area (Å²) in [6.07, 6.45) is 0.579. The van der Waals surface area contributed by atoms with Gasteiger partial charge in [-0.3, -0.25) is 9.59 Å². The highest BCUT2D eigenvalue weighted by Gasteiger charge is 2.14. The number of hydrogen-bond acceptors (Lipinski definition) is 5. The van der Waals surface area contributed by atoms with Crippen molar-refractivity contribution in [1.82, 2.24) is 5.16 Å². The minimum absolute atomic E-state index is 0.133. The lowest BCUT2D eigenvalue weighted by molar-refractivity contribution is -0.147. The van der Waals surface area contributed by atoms with E-state index in [0.29, 0.717) is 22.9 Å². The molecule has 0 aliphatic carbocycles. The van der Waals surface area contributed by atoms with E-state index in [2.05, 4.69) is 10.5 Å². The molecule has 0 unspecified atom stereocenters. The Morgan fingerprint density at radius 2 is 2.04 bits per heavy atom. The smallest absolute Gasteiger partial charge is 0.306 e. The minimum Gasteiger partial charge on any atom is -0.456 e. The number of carbonyl (C=O) groups excluding carboxylic acids is 2. The Kier molecular flexibility index (Phi) is 6.23. The van der Waals surface area contributed by atoms with Gasteiger partial charge in [-0.25, -0.2) is 0 Å². The van der Waals surface area contributed by atoms with E-state index in [1.807, 2.05) is 0 Å². The van der Waals surface area contributed by atoms with E-state index in [-0.39, 0.29) is 11.4 Å². The second-order valence-electron chi connectivity index (χ2n) is 5.11. The van der Waals surface area contributed by atoms with E-state index in [0.717, 1.165) is 11.3 Å². The van der Waals surface area contributed by atoms with Crippen molar-refractivity contribution in [1.29, 1.82) is 0 Å². The molecule has 2 aromatic rings. The molecule has 1 amide bonds. The first-order valence-electron chi connectivity index (χ1n) is 7.19. The maximum Gasteiger partial charge on any atom is 0.306 e. The maximum atomic E-state index is 11.8. The van der Waals surface area contributed by atoms with E-state index >= 15 is 0 Å². The van der Waals surface area contributed by atoms with Crippen LogP contribution in [0.1, 0.15) is 23.4 Å². The third-order valence-electron chi connectivity index (χ3n) is 3.35. The van der Waals surface area contributed by atoms with E-state index in [1.165, 1.54) is 0 Å². The summed E-state index contributed by atoms with van der Waals surface area (Å²) in [6.45, 7) is 3.19. The van der Waals surface area contributed by atoms with Crippen molar-refractivity contribution in [2.24, 2.45) is 0 Å². The van der Waals surface area contributed by atoms with Gasteiger partial charge in [-0.1, -0.05) is 34.4 Å². The summed E-state index contributed by atoms with van der Waals surface area (Å²) in [4.78, 5) is 23.5. The van der Waals surface area contributed by atoms with Gasteiger partial charge in [-0.2, -0.15) is 0 Å². The molecule has 1 aromatic heterocycles. The van der Waals surface area contributed by atoms with Gasteiger partial charge in [-0.15, -0.1) is 0 Å². The van der Waals surface area contributed by atoms with Crippen LogP contribution in [0.2, 0.25) is 10.0 Å². The van der Waals surface area contributed by atoms with Gasteiger partial charge in [0.25, 0.3) is 5.91 Å². The number of rotatable bonds is 6. The molecule has 1 heterocycles. The summed E-state index contributed by atoms with van der Waals surface area (Å²) >= 11 is 11.8. The molecule has 0 aliphatic heterocycles. The molecule has 2 rings (SSSR count). The average molecular weight is 371 g/mol. The first-order chi connectivity index (χ1) is 11.4. The largest absolute Gasteiger partial charge is 0.456 e. The number of aromatic nitrogens is 1. The fourth-order valence-corrected chi connectivity index (χ4v) is 2.44. The highest BCUT2D eigenvalue weighted by molar-refractivity contribution is 6.43. The number of halogens is 2. The third kappa shape index (κ3) is 4.72. The van der Waals surface area contributed by atoms with Crippen LogP contribution in [0.15, 0.2) is 22.7 Å². The number of carbonyl (C=O) groups is 2. The van der Waals surface area contributed by atoms with Gasteiger partial charge in [-0.05, 0) is 32.4 Å². The summed E-state index contributed by atoms with van der Waals surface area (Å²) in [5, 5.41) is 6.91. The Morgan fingerprint density at radius 1 is 1.29 bits per heavy atom. The summed E-state index contributed by atoms with van der Waals surface area (Å²) in [7, 11) is 0. The zero-order valence-corrected chi connectivity index (χ0v) is 14.7. The van der Waals surface area contributed by atoms with Crippen LogP contribution in [-0.4, -0.2) is 23.6 Å². The van der Waals surface area contributed by atoms with Crippen LogP contribution in [-0.2, 0) is 20.7 Å². The summed E-state index contributed by atoms with van der Waals surface area (Å²) in [5.41, 5.74) is 1.98. The van der Waals surface area contributed by atoms with Gasteiger partial charge in [0.15, 0.2) is 6.61 Å². The molecule has 0 bridgehead atoms. The first kappa shape index (κ1) is 18.3. The summed E-state index contributed by atoms with van der Waals surface area (Å²) < 4.78 is 9.97. The second kappa shape index (κ2) is 8.17. The molecule has 0 saturated carbocycles. The number of amides is 1. The number of nitrogens with zero attached hydrogens (tertiary/aromatic N) is 1. The lowest BCUT2D eigenvalue weighted by Crippen LogP contribution is -2.21. The lowest BCUT2D eigenvalue weighted by atomic mass is 10.1. The van der Waals surface area contributed by atoms with Gasteiger partial charge in [0, 0.05) is 12.0 Å². The van der Waals surface area contributed by atoms with Crippen LogP contribution in [0.4, 0.5) is 5.69 Å². The standard InChI is InChI=1S/C16H16Cl2N2O4/c1-9-11(10(2)24-20-9)6-7-15(22)23-8-14(21)19-13-5-3-4-12(17)16(13)18/h3-5H,6-8H2,1-2H3,(H,19,21). The average Bonchev–Trinajstić information content (AvgIpc) is 2.86. The van der Waals surface area contributed by atoms with Crippen molar-refractivity contribution < 1.29 is 18.8 Å². The lowest BCUT2D eigenvalue weighted by Gasteiger charge is -2.08. The van der Waals surface area contributed by atoms with Crippen LogP contribution < -0.4 is 5.32 Å². The first-order valence-corrected chi connectivity index (χ1v) is 7.95. The van der Waals surface area contributed by atoms with Crippen LogP contribution in [0, 0.1) is 13.8 Å². The fraction of sp³-hybridized carbons (Fsp3) is 0.312. The van der Waals surface area contributed by atoms with Crippen molar-refractivity contribution in [3.63, 3.8) is 0 Å². The van der Waals surface area contributed by atoms with E-state index in [1.54, 1.807) is 32.0 Å². The van der Waals surface area contributed by atoms with Gasteiger partial charge in [0.05, 0.1) is 21.4 Å². The summed E-state index contributed by atoms with van der Waals surface area (Å²) in [6, 6.07) is 4.86. The zero-order chi connectivity index (χ0) is 17.7. The SMILES string of the molecule is Cc1noc(C)c1CCC(=O)OCC(=O)Nc1cccc(Cl)c1Cl. The predicted octanol–water partition coefficient (Wildman–Crippen LogP) is 3.71. The van der Waals surface area contributed by atoms with Crippen molar-refractivity contribution in [3.8, 4) is 0 Å². The number of hydrogen-bond donors (Lipinski definition) is 1. The number of esters is 1. The van der Waals surface area contributed by atoms with E-state index in [4.69, 9.17) is 32.5 Å². The molecule has 0 fully saturated rings. The van der Waals surface area contributed by atoms with Crippen molar-refractivity contribution in [2.75, 3.05) is 11.9 Å². The molecule has 128 valence electrons. The van der Waals surface area contributed by atoms with Gasteiger partial charge in [0.1, 0.15) is 5.76 Å². The maximum absolute atomic E-state index is 11.8. The minimum atomic E-state index is -0.496. The predicted molar refractivity (Wildman–Crippen MR) is 90.3 cm³/mol. The molecule has 0 saturated heterocycles. The Hall–Kier alpha value is -2.05. The van der Waals surface area contributed by atoms with Gasteiger partial charge < -0.3 is 14.6 Å². The molecule has 1 aromatic carbocycles. The molecule has 0 radical (unpaired) electrons. The molecular weight excluding hydrogens is 355 g/mol. The summed E-state index contributed by atoms with van der Waals surface area (Å²) in [5.74, 6) is -0.305. The van der Waals surface area contributed by atoms with E-state index < -0.39 is 18.5 Å². The molecule has 1 N–H and O–H groups in total. The highest BCUT2D eigenvalue weighted by atomic mass is 35.5. The number of benzene rings is 1. The van der Waals surface area contributed by atoms with Gasteiger partial charge in [0.2, 0.25) is 0 Å². The quantitative estimate of drug-likeness (QED) is 0.783. The van der Waals surface area contributed by atoms with Crippen molar-refractivity contribution >= 4 is 40.8 Å². The topological polar surface area (TPSA) is 81.4 Å². The number of anilines is 1. The van der Waals surface area contributed by atoms with Crippen LogP contribution >= 0.6 is 23.2 Å². The molecule has 0 spiro atoms. The monoisotopic (exact) mass is 370 g/mol.